The lowest BCUT2D eigenvalue weighted by atomic mass is 10.1. The summed E-state index contributed by atoms with van der Waals surface area (Å²) >= 11 is 0. The van der Waals surface area contributed by atoms with Crippen molar-refractivity contribution in [1.29, 1.82) is 0 Å². The van der Waals surface area contributed by atoms with Crippen molar-refractivity contribution in [1.82, 2.24) is 0 Å². The number of nitrogens with zero attached hydrogens (tertiary/aromatic N) is 1. The van der Waals surface area contributed by atoms with Crippen LogP contribution in [-0.4, -0.2) is 25.2 Å². The third kappa shape index (κ3) is 3.49. The van der Waals surface area contributed by atoms with E-state index in [1.165, 1.54) is 24.4 Å². The summed E-state index contributed by atoms with van der Waals surface area (Å²) in [7, 11) is -3.22. The quantitative estimate of drug-likeness (QED) is 0.304. The molecule has 3 aromatic rings. The van der Waals surface area contributed by atoms with E-state index in [0.717, 1.165) is 11.8 Å². The first-order valence-corrected chi connectivity index (χ1v) is 8.92. The second-order valence-corrected chi connectivity index (χ2v) is 6.90. The third-order valence-corrected chi connectivity index (χ3v) is 4.65. The number of hydrogen-bond acceptors (Lipinski definition) is 7. The van der Waals surface area contributed by atoms with Gasteiger partial charge in [-0.3, -0.25) is 9.98 Å². The largest absolute Gasteiger partial charge is 0.507 e. The highest BCUT2D eigenvalue weighted by atomic mass is 32.2. The highest BCUT2D eigenvalue weighted by Crippen LogP contribution is 2.36. The molecule has 0 unspecified atom stereocenters. The van der Waals surface area contributed by atoms with E-state index in [-0.39, 0.29) is 16.9 Å². The first-order chi connectivity index (χ1) is 12.3. The van der Waals surface area contributed by atoms with Crippen molar-refractivity contribution in [3.63, 3.8) is 0 Å². The lowest BCUT2D eigenvalue weighted by molar-refractivity contribution is 0.398. The van der Waals surface area contributed by atoms with Crippen LogP contribution in [0, 0.1) is 0 Å². The molecule has 0 amide bonds. The van der Waals surface area contributed by atoms with Gasteiger partial charge in [0.2, 0.25) is 0 Å². The van der Waals surface area contributed by atoms with E-state index >= 15 is 0 Å². The summed E-state index contributed by atoms with van der Waals surface area (Å²) < 4.78 is 37.4. The minimum Gasteiger partial charge on any atom is -0.507 e. The minimum atomic E-state index is -4.50. The lowest BCUT2D eigenvalue weighted by Crippen LogP contribution is -2.36. The van der Waals surface area contributed by atoms with Gasteiger partial charge in [-0.2, -0.15) is 8.42 Å². The molecule has 0 spiro atoms. The van der Waals surface area contributed by atoms with Crippen molar-refractivity contribution < 1.29 is 22.8 Å². The molecule has 0 aliphatic carbocycles. The van der Waals surface area contributed by atoms with Crippen LogP contribution in [0.15, 0.2) is 59.5 Å². The summed E-state index contributed by atoms with van der Waals surface area (Å²) in [5, 5.41) is 12.2. The molecule has 0 aromatic heterocycles. The van der Waals surface area contributed by atoms with Crippen LogP contribution in [0.2, 0.25) is 0 Å². The van der Waals surface area contributed by atoms with Gasteiger partial charge >= 0.3 is 0 Å². The Labute approximate surface area is 150 Å². The molecular weight excluding hydrogens is 358 g/mol. The van der Waals surface area contributed by atoms with Gasteiger partial charge in [0.15, 0.2) is 0 Å². The predicted molar refractivity (Wildman–Crippen MR) is 98.7 cm³/mol. The Morgan fingerprint density at radius 3 is 2.42 bits per heavy atom. The first kappa shape index (κ1) is 17.8. The van der Waals surface area contributed by atoms with Crippen LogP contribution in [0.25, 0.3) is 10.8 Å². The zero-order valence-corrected chi connectivity index (χ0v) is 14.6. The number of para-hydroxylation sites is 1. The normalized spacial score (nSPS) is 11.3. The molecule has 0 bridgehead atoms. The molecule has 0 atom stereocenters. The van der Waals surface area contributed by atoms with Crippen molar-refractivity contribution in [3.05, 3.63) is 54.6 Å². The molecule has 0 fully saturated rings. The van der Waals surface area contributed by atoms with E-state index < -0.39 is 15.0 Å². The smallest absolute Gasteiger partial charge is 0.298 e. The molecule has 3 rings (SSSR count). The molecule has 3 aromatic carbocycles. The van der Waals surface area contributed by atoms with Gasteiger partial charge in [0.1, 0.15) is 16.4 Å². The van der Waals surface area contributed by atoms with Crippen LogP contribution >= 0.6 is 0 Å². The fourth-order valence-corrected chi connectivity index (χ4v) is 3.22. The fourth-order valence-electron chi connectivity index (χ4n) is 2.55. The first-order valence-electron chi connectivity index (χ1n) is 7.48. The number of methoxy groups -OCH3 is 1. The zero-order chi connectivity index (χ0) is 18.9. The van der Waals surface area contributed by atoms with Gasteiger partial charge in [-0.1, -0.05) is 18.2 Å². The maximum Gasteiger partial charge on any atom is 0.298 e. The van der Waals surface area contributed by atoms with Gasteiger partial charge in [-0.15, -0.1) is 0 Å². The summed E-state index contributed by atoms with van der Waals surface area (Å²) in [6, 6.07) is 14.8. The van der Waals surface area contributed by atoms with Crippen LogP contribution in [0.1, 0.15) is 0 Å². The highest BCUT2D eigenvalue weighted by molar-refractivity contribution is 7.86. The molecule has 0 saturated heterocycles. The second-order valence-electron chi connectivity index (χ2n) is 5.51. The Kier molecular flexibility index (Phi) is 4.60. The molecule has 0 aliphatic rings. The number of anilines is 2. The van der Waals surface area contributed by atoms with Crippen molar-refractivity contribution in [2.24, 2.45) is 5.84 Å². The summed E-state index contributed by atoms with van der Waals surface area (Å²) in [5.74, 6) is 5.76. The van der Waals surface area contributed by atoms with Crippen molar-refractivity contribution in [2.45, 2.75) is 4.90 Å². The van der Waals surface area contributed by atoms with Gasteiger partial charge < -0.3 is 9.84 Å². The Bertz CT molecular complexity index is 1050. The van der Waals surface area contributed by atoms with Crippen molar-refractivity contribution >= 4 is 32.3 Å². The minimum absolute atomic E-state index is 0.0452. The Balaban J connectivity index is 2.07. The van der Waals surface area contributed by atoms with Crippen LogP contribution in [0.3, 0.4) is 0 Å². The topological polar surface area (TPSA) is 125 Å². The average Bonchev–Trinajstić information content (AvgIpc) is 2.60. The van der Waals surface area contributed by atoms with Crippen LogP contribution in [0.5, 0.6) is 11.5 Å². The van der Waals surface area contributed by atoms with Gasteiger partial charge in [0.05, 0.1) is 18.5 Å². The maximum atomic E-state index is 11.5. The number of hydrazine groups is 2. The molecule has 0 aliphatic heterocycles. The SMILES string of the molecule is COc1cc2cc(N(N)Nc3ccccc3)cc(O)c2cc1S(=O)(=O)O. The van der Waals surface area contributed by atoms with E-state index in [1.54, 1.807) is 6.07 Å². The predicted octanol–water partition coefficient (Wildman–Crippen LogP) is 2.51. The van der Waals surface area contributed by atoms with Crippen molar-refractivity contribution in [2.75, 3.05) is 17.7 Å². The summed E-state index contributed by atoms with van der Waals surface area (Å²) in [5.41, 5.74) is 4.12. The molecule has 0 saturated carbocycles. The molecule has 0 heterocycles. The van der Waals surface area contributed by atoms with E-state index in [0.29, 0.717) is 11.1 Å². The van der Waals surface area contributed by atoms with E-state index in [9.17, 15) is 18.1 Å². The number of fused-ring (bicyclic) bond motifs is 1. The number of ether oxygens (including phenoxy) is 1. The summed E-state index contributed by atoms with van der Waals surface area (Å²) in [6.45, 7) is 0. The molecule has 136 valence electrons. The van der Waals surface area contributed by atoms with Gasteiger partial charge in [-0.25, -0.2) is 11.0 Å². The Morgan fingerprint density at radius 1 is 1.12 bits per heavy atom. The molecule has 26 heavy (non-hydrogen) atoms. The average molecular weight is 375 g/mol. The monoisotopic (exact) mass is 375 g/mol. The maximum absolute atomic E-state index is 11.5. The molecule has 9 heteroatoms. The number of aromatic hydroxyl groups is 1. The van der Waals surface area contributed by atoms with E-state index in [4.69, 9.17) is 10.6 Å². The number of phenols is 1. The Morgan fingerprint density at radius 2 is 1.81 bits per heavy atom. The van der Waals surface area contributed by atoms with Crippen molar-refractivity contribution in [3.8, 4) is 11.5 Å². The second kappa shape index (κ2) is 6.71. The number of rotatable bonds is 5. The molecule has 5 N–H and O–H groups in total. The van der Waals surface area contributed by atoms with Crippen LogP contribution in [-0.2, 0) is 10.1 Å². The van der Waals surface area contributed by atoms with Gasteiger partial charge in [0, 0.05) is 11.5 Å². The van der Waals surface area contributed by atoms with Gasteiger partial charge in [-0.05, 0) is 35.7 Å². The number of nitrogens with two attached hydrogens (primary N) is 1. The molecule has 8 nitrogen and oxygen atoms in total. The number of nitrogens with one attached hydrogen (secondary N) is 1. The fraction of sp³-hybridized carbons (Fsp3) is 0.0588. The molecular formula is C17H17N3O5S. The van der Waals surface area contributed by atoms with E-state index in [2.05, 4.69) is 5.43 Å². The highest BCUT2D eigenvalue weighted by Gasteiger charge is 2.19. The lowest BCUT2D eigenvalue weighted by Gasteiger charge is -2.21. The standard InChI is InChI=1S/C17H17N3O5S/c1-25-16-8-11-7-13(20(18)19-12-5-3-2-4-6-12)9-15(21)14(11)10-17(16)26(22,23)24/h2-10,19,21H,18H2,1H3,(H,22,23,24). The van der Waals surface area contributed by atoms with E-state index in [1.807, 2.05) is 30.3 Å². The number of phenolic OH excluding ortho intramolecular Hbond substituents is 1. The molecule has 0 radical (unpaired) electrons. The number of benzene rings is 3. The van der Waals surface area contributed by atoms with Crippen LogP contribution in [0.4, 0.5) is 11.4 Å². The zero-order valence-electron chi connectivity index (χ0n) is 13.7. The number of hydrogen-bond donors (Lipinski definition) is 4. The summed E-state index contributed by atoms with van der Waals surface area (Å²) in [6.07, 6.45) is 0. The third-order valence-electron chi connectivity index (χ3n) is 3.78. The van der Waals surface area contributed by atoms with Crippen LogP contribution < -0.4 is 21.1 Å². The summed E-state index contributed by atoms with van der Waals surface area (Å²) in [4.78, 5) is -0.428. The van der Waals surface area contributed by atoms with Gasteiger partial charge in [0.25, 0.3) is 10.1 Å². The Hall–Kier alpha value is -3.01.